The SMILES string of the molecule is CNCc1ccccc1-c1csc(C(C)(C)C)c1. The van der Waals surface area contributed by atoms with Crippen LogP contribution < -0.4 is 5.32 Å². The summed E-state index contributed by atoms with van der Waals surface area (Å²) in [6.45, 7) is 7.71. The summed E-state index contributed by atoms with van der Waals surface area (Å²) >= 11 is 1.86. The molecular weight excluding hydrogens is 238 g/mol. The van der Waals surface area contributed by atoms with E-state index in [9.17, 15) is 0 Å². The lowest BCUT2D eigenvalue weighted by Gasteiger charge is -2.15. The molecule has 2 aromatic rings. The summed E-state index contributed by atoms with van der Waals surface area (Å²) in [6.07, 6.45) is 0. The van der Waals surface area contributed by atoms with Crippen LogP contribution in [0.2, 0.25) is 0 Å². The second-order valence-corrected chi connectivity index (χ2v) is 6.55. The number of benzene rings is 1. The first-order chi connectivity index (χ1) is 8.52. The summed E-state index contributed by atoms with van der Waals surface area (Å²) in [6, 6.07) is 11.0. The first kappa shape index (κ1) is 13.3. The van der Waals surface area contributed by atoms with Crippen molar-refractivity contribution in [3.63, 3.8) is 0 Å². The summed E-state index contributed by atoms with van der Waals surface area (Å²) in [5.74, 6) is 0. The van der Waals surface area contributed by atoms with Crippen LogP contribution in [-0.2, 0) is 12.0 Å². The van der Waals surface area contributed by atoms with E-state index >= 15 is 0 Å². The van der Waals surface area contributed by atoms with Gasteiger partial charge in [0, 0.05) is 11.4 Å². The Kier molecular flexibility index (Phi) is 3.88. The maximum Gasteiger partial charge on any atom is 0.0208 e. The molecule has 96 valence electrons. The van der Waals surface area contributed by atoms with E-state index in [0.717, 1.165) is 6.54 Å². The van der Waals surface area contributed by atoms with Crippen molar-refractivity contribution in [1.82, 2.24) is 5.32 Å². The van der Waals surface area contributed by atoms with Gasteiger partial charge in [0.25, 0.3) is 0 Å². The summed E-state index contributed by atoms with van der Waals surface area (Å²) < 4.78 is 0. The Hall–Kier alpha value is -1.12. The Bertz CT molecular complexity index is 520. The molecule has 0 aliphatic heterocycles. The van der Waals surface area contributed by atoms with E-state index in [4.69, 9.17) is 0 Å². The molecule has 2 rings (SSSR count). The molecule has 0 atom stereocenters. The van der Waals surface area contributed by atoms with Gasteiger partial charge < -0.3 is 5.32 Å². The molecule has 18 heavy (non-hydrogen) atoms. The van der Waals surface area contributed by atoms with Crippen LogP contribution in [0.25, 0.3) is 11.1 Å². The van der Waals surface area contributed by atoms with Crippen LogP contribution in [0.4, 0.5) is 0 Å². The van der Waals surface area contributed by atoms with Gasteiger partial charge in [-0.3, -0.25) is 0 Å². The third kappa shape index (κ3) is 2.82. The Morgan fingerprint density at radius 2 is 1.89 bits per heavy atom. The Labute approximate surface area is 114 Å². The molecule has 1 heterocycles. The van der Waals surface area contributed by atoms with E-state index < -0.39 is 0 Å². The summed E-state index contributed by atoms with van der Waals surface area (Å²) in [7, 11) is 1.99. The molecule has 0 spiro atoms. The molecule has 0 aliphatic carbocycles. The fourth-order valence-electron chi connectivity index (χ4n) is 2.02. The molecule has 0 saturated heterocycles. The van der Waals surface area contributed by atoms with Gasteiger partial charge in [-0.25, -0.2) is 0 Å². The highest BCUT2D eigenvalue weighted by Crippen LogP contribution is 2.34. The number of rotatable bonds is 3. The first-order valence-corrected chi connectivity index (χ1v) is 7.22. The molecule has 0 radical (unpaired) electrons. The van der Waals surface area contributed by atoms with Gasteiger partial charge in [-0.1, -0.05) is 45.0 Å². The molecule has 0 amide bonds. The van der Waals surface area contributed by atoms with E-state index in [1.807, 2.05) is 18.4 Å². The van der Waals surface area contributed by atoms with Crippen molar-refractivity contribution in [1.29, 1.82) is 0 Å². The van der Waals surface area contributed by atoms with Crippen LogP contribution in [0.5, 0.6) is 0 Å². The average Bonchev–Trinajstić information content (AvgIpc) is 2.79. The van der Waals surface area contributed by atoms with Crippen molar-refractivity contribution in [2.75, 3.05) is 7.05 Å². The minimum Gasteiger partial charge on any atom is -0.316 e. The lowest BCUT2D eigenvalue weighted by atomic mass is 9.93. The molecule has 0 unspecified atom stereocenters. The van der Waals surface area contributed by atoms with Crippen molar-refractivity contribution in [2.45, 2.75) is 32.7 Å². The van der Waals surface area contributed by atoms with Crippen molar-refractivity contribution in [3.05, 3.63) is 46.2 Å². The van der Waals surface area contributed by atoms with Gasteiger partial charge in [0.15, 0.2) is 0 Å². The first-order valence-electron chi connectivity index (χ1n) is 6.34. The third-order valence-corrected chi connectivity index (χ3v) is 4.39. The highest BCUT2D eigenvalue weighted by atomic mass is 32.1. The number of hydrogen-bond donors (Lipinski definition) is 1. The maximum atomic E-state index is 3.23. The quantitative estimate of drug-likeness (QED) is 0.859. The van der Waals surface area contributed by atoms with Crippen molar-refractivity contribution in [2.24, 2.45) is 0 Å². The molecule has 0 aliphatic rings. The molecule has 0 saturated carbocycles. The van der Waals surface area contributed by atoms with E-state index in [0.29, 0.717) is 0 Å². The molecule has 1 nitrogen and oxygen atoms in total. The van der Waals surface area contributed by atoms with Gasteiger partial charge in [-0.05, 0) is 40.6 Å². The van der Waals surface area contributed by atoms with Gasteiger partial charge in [-0.15, -0.1) is 11.3 Å². The lowest BCUT2D eigenvalue weighted by molar-refractivity contribution is 0.604. The van der Waals surface area contributed by atoms with Crippen LogP contribution in [-0.4, -0.2) is 7.05 Å². The van der Waals surface area contributed by atoms with Crippen LogP contribution in [0.1, 0.15) is 31.2 Å². The van der Waals surface area contributed by atoms with E-state index in [2.05, 4.69) is 61.8 Å². The van der Waals surface area contributed by atoms with Crippen LogP contribution >= 0.6 is 11.3 Å². The van der Waals surface area contributed by atoms with Crippen LogP contribution in [0.3, 0.4) is 0 Å². The molecule has 2 heteroatoms. The zero-order chi connectivity index (χ0) is 13.2. The fraction of sp³-hybridized carbons (Fsp3) is 0.375. The monoisotopic (exact) mass is 259 g/mol. The largest absolute Gasteiger partial charge is 0.316 e. The van der Waals surface area contributed by atoms with Crippen LogP contribution in [0, 0.1) is 0 Å². The predicted octanol–water partition coefficient (Wildman–Crippen LogP) is 4.43. The Morgan fingerprint density at radius 1 is 1.17 bits per heavy atom. The Morgan fingerprint density at radius 3 is 2.50 bits per heavy atom. The summed E-state index contributed by atoms with van der Waals surface area (Å²) in [4.78, 5) is 1.44. The molecule has 0 bridgehead atoms. The van der Waals surface area contributed by atoms with Crippen molar-refractivity contribution >= 4 is 11.3 Å². The minimum atomic E-state index is 0.237. The third-order valence-electron chi connectivity index (χ3n) is 3.03. The molecule has 1 N–H and O–H groups in total. The normalized spacial score (nSPS) is 11.8. The average molecular weight is 259 g/mol. The predicted molar refractivity (Wildman–Crippen MR) is 81.2 cm³/mol. The van der Waals surface area contributed by atoms with Crippen LogP contribution in [0.15, 0.2) is 35.7 Å². The molecule has 1 aromatic heterocycles. The lowest BCUT2D eigenvalue weighted by Crippen LogP contribution is -2.08. The summed E-state index contributed by atoms with van der Waals surface area (Å²) in [5.41, 5.74) is 4.29. The molecule has 0 fully saturated rings. The smallest absolute Gasteiger partial charge is 0.0208 e. The van der Waals surface area contributed by atoms with E-state index in [-0.39, 0.29) is 5.41 Å². The topological polar surface area (TPSA) is 12.0 Å². The standard InChI is InChI=1S/C16H21NS/c1-16(2,3)15-9-13(11-18-15)14-8-6-5-7-12(14)10-17-4/h5-9,11,17H,10H2,1-4H3. The zero-order valence-electron chi connectivity index (χ0n) is 11.6. The van der Waals surface area contributed by atoms with Gasteiger partial charge >= 0.3 is 0 Å². The number of hydrogen-bond acceptors (Lipinski definition) is 2. The minimum absolute atomic E-state index is 0.237. The second-order valence-electron chi connectivity index (χ2n) is 5.64. The zero-order valence-corrected chi connectivity index (χ0v) is 12.4. The molecule has 1 aromatic carbocycles. The van der Waals surface area contributed by atoms with Gasteiger partial charge in [0.05, 0.1) is 0 Å². The highest BCUT2D eigenvalue weighted by Gasteiger charge is 2.17. The summed E-state index contributed by atoms with van der Waals surface area (Å²) in [5, 5.41) is 5.51. The maximum absolute atomic E-state index is 3.23. The van der Waals surface area contributed by atoms with Crippen molar-refractivity contribution < 1.29 is 0 Å². The number of nitrogens with one attached hydrogen (secondary N) is 1. The highest BCUT2D eigenvalue weighted by molar-refractivity contribution is 7.10. The second kappa shape index (κ2) is 5.25. The molecular formula is C16H21NS. The fourth-order valence-corrected chi connectivity index (χ4v) is 3.01. The van der Waals surface area contributed by atoms with Gasteiger partial charge in [0.1, 0.15) is 0 Å². The number of thiophene rings is 1. The van der Waals surface area contributed by atoms with E-state index in [1.54, 1.807) is 0 Å². The van der Waals surface area contributed by atoms with E-state index in [1.165, 1.54) is 21.6 Å². The van der Waals surface area contributed by atoms with Crippen molar-refractivity contribution in [3.8, 4) is 11.1 Å². The van der Waals surface area contributed by atoms with Gasteiger partial charge in [0.2, 0.25) is 0 Å². The van der Waals surface area contributed by atoms with Gasteiger partial charge in [-0.2, -0.15) is 0 Å². The Balaban J connectivity index is 2.40.